The van der Waals surface area contributed by atoms with Crippen molar-refractivity contribution in [3.8, 4) is 17.4 Å². The van der Waals surface area contributed by atoms with Gasteiger partial charge in [-0.15, -0.1) is 24.0 Å². The van der Waals surface area contributed by atoms with Gasteiger partial charge < -0.3 is 24.8 Å². The quantitative estimate of drug-likeness (QED) is 0.358. The van der Waals surface area contributed by atoms with Crippen molar-refractivity contribution in [1.29, 1.82) is 0 Å². The van der Waals surface area contributed by atoms with E-state index in [0.29, 0.717) is 31.5 Å². The fourth-order valence-electron chi connectivity index (χ4n) is 2.52. The van der Waals surface area contributed by atoms with Crippen LogP contribution in [0.1, 0.15) is 24.5 Å². The first-order chi connectivity index (χ1) is 12.8. The van der Waals surface area contributed by atoms with E-state index >= 15 is 0 Å². The molecule has 0 bridgehead atoms. The van der Waals surface area contributed by atoms with Crippen LogP contribution in [0.2, 0.25) is 0 Å². The number of halogens is 1. The summed E-state index contributed by atoms with van der Waals surface area (Å²) in [6.07, 6.45) is 2.68. The zero-order valence-electron chi connectivity index (χ0n) is 15.5. The molecule has 1 aliphatic rings. The predicted octanol–water partition coefficient (Wildman–Crippen LogP) is 3.08. The molecule has 0 aliphatic carbocycles. The number of aliphatic imine (C=N–C) groups is 1. The van der Waals surface area contributed by atoms with E-state index in [9.17, 15) is 0 Å². The molecule has 0 spiro atoms. The van der Waals surface area contributed by atoms with Gasteiger partial charge in [0.05, 0.1) is 6.61 Å². The Morgan fingerprint density at radius 2 is 2.00 bits per heavy atom. The van der Waals surface area contributed by atoms with Crippen LogP contribution in [-0.4, -0.2) is 31.4 Å². The maximum Gasteiger partial charge on any atom is 0.231 e. The topological polar surface area (TPSA) is 77.0 Å². The van der Waals surface area contributed by atoms with E-state index in [1.54, 1.807) is 13.2 Å². The van der Waals surface area contributed by atoms with Crippen molar-refractivity contribution in [2.75, 3.05) is 20.4 Å². The molecule has 1 aromatic heterocycles. The van der Waals surface area contributed by atoms with Crippen molar-refractivity contribution >= 4 is 29.9 Å². The third-order valence-electron chi connectivity index (χ3n) is 3.86. The van der Waals surface area contributed by atoms with E-state index in [-0.39, 0.29) is 30.8 Å². The van der Waals surface area contributed by atoms with Crippen LogP contribution in [0.25, 0.3) is 0 Å². The highest BCUT2D eigenvalue weighted by Gasteiger charge is 2.13. The molecule has 0 saturated carbocycles. The van der Waals surface area contributed by atoms with Crippen molar-refractivity contribution < 1.29 is 14.2 Å². The Kier molecular flexibility index (Phi) is 8.43. The molecule has 1 aliphatic heterocycles. The highest BCUT2D eigenvalue weighted by molar-refractivity contribution is 14.0. The summed E-state index contributed by atoms with van der Waals surface area (Å²) in [5.41, 5.74) is 2.08. The second-order valence-corrected chi connectivity index (χ2v) is 5.78. The van der Waals surface area contributed by atoms with Gasteiger partial charge in [-0.3, -0.25) is 4.99 Å². The highest BCUT2D eigenvalue weighted by atomic mass is 127. The minimum absolute atomic E-state index is 0. The molecule has 0 fully saturated rings. The Bertz CT molecular complexity index is 770. The predicted molar refractivity (Wildman–Crippen MR) is 115 cm³/mol. The van der Waals surface area contributed by atoms with Gasteiger partial charge >= 0.3 is 0 Å². The van der Waals surface area contributed by atoms with E-state index in [2.05, 4.69) is 27.5 Å². The number of ether oxygens (including phenoxy) is 3. The number of pyridine rings is 1. The Morgan fingerprint density at radius 1 is 1.19 bits per heavy atom. The SMILES string of the molecule is CCCOc1ncccc1CNC(=NC)NCc1ccc2c(c1)OCO2.I. The third-order valence-corrected chi connectivity index (χ3v) is 3.86. The van der Waals surface area contributed by atoms with Crippen molar-refractivity contribution in [1.82, 2.24) is 15.6 Å². The Balaban J connectivity index is 0.00000261. The van der Waals surface area contributed by atoms with Gasteiger partial charge in [0, 0.05) is 31.9 Å². The van der Waals surface area contributed by atoms with Crippen LogP contribution in [0.4, 0.5) is 0 Å². The van der Waals surface area contributed by atoms with Crippen LogP contribution >= 0.6 is 24.0 Å². The van der Waals surface area contributed by atoms with Crippen molar-refractivity contribution in [3.05, 3.63) is 47.7 Å². The molecule has 2 aromatic rings. The minimum Gasteiger partial charge on any atom is -0.477 e. The van der Waals surface area contributed by atoms with E-state index < -0.39 is 0 Å². The summed E-state index contributed by atoms with van der Waals surface area (Å²) in [5, 5.41) is 6.58. The number of rotatable bonds is 7. The first-order valence-corrected chi connectivity index (χ1v) is 8.70. The van der Waals surface area contributed by atoms with Gasteiger partial charge in [0.2, 0.25) is 12.7 Å². The zero-order chi connectivity index (χ0) is 18.2. The summed E-state index contributed by atoms with van der Waals surface area (Å²) in [6.45, 7) is 4.21. The Hall–Kier alpha value is -2.23. The van der Waals surface area contributed by atoms with E-state index in [1.165, 1.54) is 0 Å². The zero-order valence-corrected chi connectivity index (χ0v) is 17.9. The lowest BCUT2D eigenvalue weighted by Crippen LogP contribution is -2.36. The molecule has 0 atom stereocenters. The summed E-state index contributed by atoms with van der Waals surface area (Å²) in [7, 11) is 1.74. The molecule has 0 unspecified atom stereocenters. The van der Waals surface area contributed by atoms with Gasteiger partial charge in [0.15, 0.2) is 17.5 Å². The maximum absolute atomic E-state index is 5.69. The molecule has 3 rings (SSSR count). The van der Waals surface area contributed by atoms with Crippen molar-refractivity contribution in [3.63, 3.8) is 0 Å². The number of nitrogens with one attached hydrogen (secondary N) is 2. The number of hydrogen-bond donors (Lipinski definition) is 2. The molecule has 0 radical (unpaired) electrons. The first-order valence-electron chi connectivity index (χ1n) is 8.70. The van der Waals surface area contributed by atoms with Crippen LogP contribution < -0.4 is 24.8 Å². The number of guanidine groups is 1. The third kappa shape index (κ3) is 5.88. The van der Waals surface area contributed by atoms with Crippen LogP contribution in [0.15, 0.2) is 41.5 Å². The van der Waals surface area contributed by atoms with Crippen LogP contribution in [0.3, 0.4) is 0 Å². The molecule has 27 heavy (non-hydrogen) atoms. The lowest BCUT2D eigenvalue weighted by molar-refractivity contribution is 0.174. The largest absolute Gasteiger partial charge is 0.477 e. The smallest absolute Gasteiger partial charge is 0.231 e. The van der Waals surface area contributed by atoms with Gasteiger partial charge in [0.25, 0.3) is 0 Å². The summed E-state index contributed by atoms with van der Waals surface area (Å²) in [6, 6.07) is 9.79. The number of aromatic nitrogens is 1. The molecule has 2 N–H and O–H groups in total. The molecule has 0 saturated heterocycles. The number of benzene rings is 1. The van der Waals surface area contributed by atoms with E-state index in [4.69, 9.17) is 14.2 Å². The summed E-state index contributed by atoms with van der Waals surface area (Å²) >= 11 is 0. The summed E-state index contributed by atoms with van der Waals surface area (Å²) in [4.78, 5) is 8.56. The lowest BCUT2D eigenvalue weighted by Gasteiger charge is -2.14. The van der Waals surface area contributed by atoms with E-state index in [1.807, 2.05) is 30.3 Å². The normalized spacial score (nSPS) is 12.3. The summed E-state index contributed by atoms with van der Waals surface area (Å²) < 4.78 is 16.4. The maximum atomic E-state index is 5.69. The van der Waals surface area contributed by atoms with E-state index in [0.717, 1.165) is 29.0 Å². The fraction of sp³-hybridized carbons (Fsp3) is 0.368. The van der Waals surface area contributed by atoms with Crippen LogP contribution in [-0.2, 0) is 13.1 Å². The molecule has 1 aromatic carbocycles. The van der Waals surface area contributed by atoms with Crippen LogP contribution in [0.5, 0.6) is 17.4 Å². The molecule has 0 amide bonds. The van der Waals surface area contributed by atoms with Gasteiger partial charge in [-0.1, -0.05) is 19.1 Å². The Morgan fingerprint density at radius 3 is 2.81 bits per heavy atom. The number of fused-ring (bicyclic) bond motifs is 1. The molecule has 2 heterocycles. The lowest BCUT2D eigenvalue weighted by atomic mass is 10.2. The van der Waals surface area contributed by atoms with Gasteiger partial charge in [-0.2, -0.15) is 0 Å². The number of hydrogen-bond acceptors (Lipinski definition) is 5. The van der Waals surface area contributed by atoms with Crippen LogP contribution in [0, 0.1) is 0 Å². The van der Waals surface area contributed by atoms with Gasteiger partial charge in [-0.25, -0.2) is 4.98 Å². The molecule has 146 valence electrons. The van der Waals surface area contributed by atoms with Crippen molar-refractivity contribution in [2.24, 2.45) is 4.99 Å². The fourth-order valence-corrected chi connectivity index (χ4v) is 2.52. The van der Waals surface area contributed by atoms with Gasteiger partial charge in [0.1, 0.15) is 0 Å². The average Bonchev–Trinajstić information content (AvgIpc) is 3.15. The standard InChI is InChI=1S/C19H24N4O3.HI/c1-3-9-24-18-15(5-4-8-21-18)12-23-19(20-2)22-11-14-6-7-16-17(10-14)26-13-25-16;/h4-8,10H,3,9,11-13H2,1-2H3,(H2,20,22,23);1H. The monoisotopic (exact) mass is 484 g/mol. The molecular formula is C19H25IN4O3. The summed E-state index contributed by atoms with van der Waals surface area (Å²) in [5.74, 6) is 2.92. The molecular weight excluding hydrogens is 459 g/mol. The highest BCUT2D eigenvalue weighted by Crippen LogP contribution is 2.32. The van der Waals surface area contributed by atoms with Crippen molar-refractivity contribution in [2.45, 2.75) is 26.4 Å². The Labute approximate surface area is 176 Å². The van der Waals surface area contributed by atoms with Gasteiger partial charge in [-0.05, 0) is 30.2 Å². The molecule has 8 heteroatoms. The second-order valence-electron chi connectivity index (χ2n) is 5.78. The molecule has 7 nitrogen and oxygen atoms in total. The average molecular weight is 484 g/mol. The first kappa shape index (κ1) is 21.1. The minimum atomic E-state index is 0. The second kappa shape index (κ2) is 10.8. The number of nitrogens with zero attached hydrogens (tertiary/aromatic N) is 2.